The largest absolute Gasteiger partial charge is 0.497 e. The second-order valence-corrected chi connectivity index (χ2v) is 6.74. The molecule has 0 atom stereocenters. The van der Waals surface area contributed by atoms with Gasteiger partial charge < -0.3 is 24.3 Å². The van der Waals surface area contributed by atoms with Crippen molar-refractivity contribution in [3.63, 3.8) is 0 Å². The Morgan fingerprint density at radius 2 is 1.91 bits per heavy atom. The lowest BCUT2D eigenvalue weighted by Crippen LogP contribution is -2.41. The van der Waals surface area contributed by atoms with Crippen molar-refractivity contribution in [2.75, 3.05) is 0 Å². The van der Waals surface area contributed by atoms with E-state index in [0.29, 0.717) is 0 Å². The van der Waals surface area contributed by atoms with Crippen LogP contribution in [0.15, 0.2) is 18.5 Å². The minimum Gasteiger partial charge on any atom is -0.399 e. The molecular formula is C15H20BN3O4. The van der Waals surface area contributed by atoms with Crippen molar-refractivity contribution in [2.45, 2.75) is 38.9 Å². The smallest absolute Gasteiger partial charge is 0.399 e. The summed E-state index contributed by atoms with van der Waals surface area (Å²) >= 11 is 0. The summed E-state index contributed by atoms with van der Waals surface area (Å²) in [6.45, 7) is 8.01. The molecule has 0 aromatic carbocycles. The minimum absolute atomic E-state index is 0.147. The van der Waals surface area contributed by atoms with Crippen LogP contribution in [0, 0.1) is 0 Å². The number of ether oxygens (including phenoxy) is 1. The van der Waals surface area contributed by atoms with Gasteiger partial charge in [-0.2, -0.15) is 0 Å². The van der Waals surface area contributed by atoms with Crippen LogP contribution < -0.4 is 15.9 Å². The van der Waals surface area contributed by atoms with E-state index in [1.807, 2.05) is 45.5 Å². The first kappa shape index (κ1) is 15.8. The summed E-state index contributed by atoms with van der Waals surface area (Å²) in [6.07, 6.45) is 2.66. The fraction of sp³-hybridized carbons (Fsp3) is 0.467. The zero-order chi connectivity index (χ0) is 17.0. The van der Waals surface area contributed by atoms with Gasteiger partial charge in [-0.15, -0.1) is 0 Å². The van der Waals surface area contributed by atoms with Gasteiger partial charge in [0.05, 0.1) is 22.9 Å². The number of hydrogen-bond acceptors (Lipinski definition) is 5. The number of fused-ring (bicyclic) bond motifs is 1. The standard InChI is InChI=1S/C15H20BN3O4/c1-14(2)15(3,4)23-16(22-14)10-8-19(5)11-7-18-12(6-9(10)11)21-13(17)20/h6-8H,1-5H3,(H2,17,20). The Morgan fingerprint density at radius 3 is 2.48 bits per heavy atom. The lowest BCUT2D eigenvalue weighted by atomic mass is 9.79. The van der Waals surface area contributed by atoms with Crippen LogP contribution in [-0.2, 0) is 16.4 Å². The summed E-state index contributed by atoms with van der Waals surface area (Å²) in [5.74, 6) is 0.147. The molecule has 1 amide bonds. The van der Waals surface area contributed by atoms with Gasteiger partial charge in [0.25, 0.3) is 0 Å². The van der Waals surface area contributed by atoms with Crippen molar-refractivity contribution in [1.29, 1.82) is 0 Å². The van der Waals surface area contributed by atoms with Crippen molar-refractivity contribution < 1.29 is 18.8 Å². The normalized spacial score (nSPS) is 19.3. The van der Waals surface area contributed by atoms with Crippen LogP contribution in [0.3, 0.4) is 0 Å². The highest BCUT2D eigenvalue weighted by Gasteiger charge is 2.52. The molecule has 8 heteroatoms. The first-order chi connectivity index (χ1) is 10.6. The van der Waals surface area contributed by atoms with E-state index >= 15 is 0 Å². The van der Waals surface area contributed by atoms with Crippen molar-refractivity contribution >= 4 is 29.6 Å². The van der Waals surface area contributed by atoms with E-state index in [4.69, 9.17) is 19.8 Å². The van der Waals surface area contributed by atoms with E-state index < -0.39 is 24.4 Å². The molecule has 3 rings (SSSR count). The van der Waals surface area contributed by atoms with Gasteiger partial charge in [-0.1, -0.05) is 0 Å². The fourth-order valence-electron chi connectivity index (χ4n) is 2.61. The molecule has 3 heterocycles. The zero-order valence-electron chi connectivity index (χ0n) is 13.9. The molecule has 1 saturated heterocycles. The highest BCUT2D eigenvalue weighted by atomic mass is 16.7. The molecule has 0 radical (unpaired) electrons. The van der Waals surface area contributed by atoms with Crippen LogP contribution in [0.5, 0.6) is 5.88 Å². The van der Waals surface area contributed by atoms with Crippen LogP contribution in [0.1, 0.15) is 27.7 Å². The van der Waals surface area contributed by atoms with Crippen molar-refractivity contribution in [3.8, 4) is 5.88 Å². The first-order valence-corrected chi connectivity index (χ1v) is 7.38. The molecule has 2 aromatic heterocycles. The lowest BCUT2D eigenvalue weighted by Gasteiger charge is -2.32. The van der Waals surface area contributed by atoms with Gasteiger partial charge in [0.15, 0.2) is 0 Å². The third kappa shape index (κ3) is 2.57. The van der Waals surface area contributed by atoms with Crippen LogP contribution >= 0.6 is 0 Å². The van der Waals surface area contributed by atoms with Crippen LogP contribution in [-0.4, -0.2) is 34.0 Å². The Balaban J connectivity index is 2.06. The third-order valence-electron chi connectivity index (χ3n) is 4.59. The number of amides is 1. The van der Waals surface area contributed by atoms with Gasteiger partial charge in [0, 0.05) is 30.2 Å². The number of primary amides is 1. The number of aryl methyl sites for hydroxylation is 1. The van der Waals surface area contributed by atoms with Gasteiger partial charge in [0.1, 0.15) is 0 Å². The Labute approximate surface area is 134 Å². The van der Waals surface area contributed by atoms with Crippen molar-refractivity contribution in [3.05, 3.63) is 18.5 Å². The molecule has 2 aromatic rings. The highest BCUT2D eigenvalue weighted by Crippen LogP contribution is 2.37. The molecule has 0 bridgehead atoms. The van der Waals surface area contributed by atoms with Crippen LogP contribution in [0.25, 0.3) is 10.9 Å². The number of rotatable bonds is 2. The van der Waals surface area contributed by atoms with Gasteiger partial charge >= 0.3 is 13.2 Å². The van der Waals surface area contributed by atoms with Crippen LogP contribution in [0.4, 0.5) is 4.79 Å². The SMILES string of the molecule is Cn1cc(B2OC(C)(C)C(C)(C)O2)c2cc(OC(N)=O)ncc21. The van der Waals surface area contributed by atoms with Crippen molar-refractivity contribution in [1.82, 2.24) is 9.55 Å². The predicted molar refractivity (Wildman–Crippen MR) is 86.6 cm³/mol. The van der Waals surface area contributed by atoms with Gasteiger partial charge in [-0.05, 0) is 27.7 Å². The summed E-state index contributed by atoms with van der Waals surface area (Å²) in [5.41, 5.74) is 5.93. The van der Waals surface area contributed by atoms with E-state index in [1.54, 1.807) is 12.3 Å². The predicted octanol–water partition coefficient (Wildman–Crippen LogP) is 1.33. The number of pyridine rings is 1. The molecule has 0 unspecified atom stereocenters. The quantitative estimate of drug-likeness (QED) is 0.844. The lowest BCUT2D eigenvalue weighted by molar-refractivity contribution is 0.00578. The van der Waals surface area contributed by atoms with E-state index in [0.717, 1.165) is 16.4 Å². The molecule has 1 aliphatic heterocycles. The minimum atomic E-state index is -0.898. The number of hydrogen-bond donors (Lipinski definition) is 1. The number of aromatic nitrogens is 2. The average Bonchev–Trinajstić information content (AvgIpc) is 2.83. The summed E-state index contributed by atoms with van der Waals surface area (Å²) < 4.78 is 19.0. The van der Waals surface area contributed by atoms with Gasteiger partial charge in [-0.25, -0.2) is 9.78 Å². The zero-order valence-corrected chi connectivity index (χ0v) is 13.9. The maximum absolute atomic E-state index is 10.9. The fourth-order valence-corrected chi connectivity index (χ4v) is 2.61. The monoisotopic (exact) mass is 317 g/mol. The van der Waals surface area contributed by atoms with E-state index in [-0.39, 0.29) is 5.88 Å². The van der Waals surface area contributed by atoms with E-state index in [2.05, 4.69) is 4.98 Å². The molecular weight excluding hydrogens is 297 g/mol. The molecule has 2 N–H and O–H groups in total. The topological polar surface area (TPSA) is 88.6 Å². The summed E-state index contributed by atoms with van der Waals surface area (Å²) in [4.78, 5) is 15.0. The maximum Gasteiger partial charge on any atom is 0.497 e. The van der Waals surface area contributed by atoms with E-state index in [9.17, 15) is 4.79 Å². The summed E-state index contributed by atoms with van der Waals surface area (Å²) in [7, 11) is 1.40. The van der Waals surface area contributed by atoms with Gasteiger partial charge in [-0.3, -0.25) is 0 Å². The molecule has 0 spiro atoms. The number of nitrogens with zero attached hydrogens (tertiary/aromatic N) is 2. The maximum atomic E-state index is 10.9. The molecule has 122 valence electrons. The summed E-state index contributed by atoms with van der Waals surface area (Å²) in [5, 5.41) is 0.845. The molecule has 0 saturated carbocycles. The Hall–Kier alpha value is -2.06. The summed E-state index contributed by atoms with van der Waals surface area (Å²) in [6, 6.07) is 1.67. The Morgan fingerprint density at radius 1 is 1.30 bits per heavy atom. The highest BCUT2D eigenvalue weighted by molar-refractivity contribution is 6.65. The third-order valence-corrected chi connectivity index (χ3v) is 4.59. The number of carbonyl (C=O) groups is 1. The van der Waals surface area contributed by atoms with Crippen LogP contribution in [0.2, 0.25) is 0 Å². The van der Waals surface area contributed by atoms with Gasteiger partial charge in [0.2, 0.25) is 5.88 Å². The van der Waals surface area contributed by atoms with E-state index in [1.165, 1.54) is 0 Å². The molecule has 0 aliphatic carbocycles. The molecule has 1 fully saturated rings. The molecule has 23 heavy (non-hydrogen) atoms. The average molecular weight is 317 g/mol. The Kier molecular flexibility index (Phi) is 3.42. The molecule has 7 nitrogen and oxygen atoms in total. The first-order valence-electron chi connectivity index (χ1n) is 7.38. The second kappa shape index (κ2) is 4.97. The van der Waals surface area contributed by atoms with Crippen molar-refractivity contribution in [2.24, 2.45) is 12.8 Å². The molecule has 1 aliphatic rings. The second-order valence-electron chi connectivity index (χ2n) is 6.74. The number of nitrogens with two attached hydrogens (primary N) is 1. The number of carbonyl (C=O) groups excluding carboxylic acids is 1. The Bertz CT molecular complexity index is 768.